The molecule has 1 N–H and O–H groups in total. The van der Waals surface area contributed by atoms with Crippen molar-refractivity contribution in [3.8, 4) is 0 Å². The molecule has 1 rings (SSSR count). The van der Waals surface area contributed by atoms with Gasteiger partial charge in [-0.05, 0) is 32.4 Å². The molecule has 0 saturated heterocycles. The van der Waals surface area contributed by atoms with Gasteiger partial charge in [0.25, 0.3) is 0 Å². The first-order valence-electron chi connectivity index (χ1n) is 5.50. The Hall–Kier alpha value is -0.730. The highest BCUT2D eigenvalue weighted by Gasteiger charge is 2.27. The van der Waals surface area contributed by atoms with Crippen LogP contribution in [-0.4, -0.2) is 11.8 Å². The lowest BCUT2D eigenvalue weighted by atomic mass is 9.94. The van der Waals surface area contributed by atoms with Gasteiger partial charge in [0.1, 0.15) is 0 Å². The second-order valence-corrected chi connectivity index (χ2v) is 5.41. The normalized spacial score (nSPS) is 13.2. The van der Waals surface area contributed by atoms with E-state index in [2.05, 4.69) is 5.32 Å². The second-order valence-electron chi connectivity index (χ2n) is 4.73. The van der Waals surface area contributed by atoms with E-state index >= 15 is 0 Å². The van der Waals surface area contributed by atoms with Crippen molar-refractivity contribution >= 4 is 29.1 Å². The summed E-state index contributed by atoms with van der Waals surface area (Å²) in [6, 6.07) is 7.35. The topological polar surface area (TPSA) is 29.1 Å². The third kappa shape index (κ3) is 3.62. The van der Waals surface area contributed by atoms with Crippen LogP contribution < -0.4 is 5.32 Å². The molecule has 0 heterocycles. The molecular weight excluding hydrogens is 257 g/mol. The van der Waals surface area contributed by atoms with Crippen LogP contribution in [-0.2, 0) is 4.79 Å². The minimum absolute atomic E-state index is 0.0695. The van der Waals surface area contributed by atoms with Crippen molar-refractivity contribution < 1.29 is 4.79 Å². The average Bonchev–Trinajstić information content (AvgIpc) is 2.29. The molecule has 0 aliphatic rings. The van der Waals surface area contributed by atoms with Gasteiger partial charge in [-0.15, -0.1) is 11.6 Å². The summed E-state index contributed by atoms with van der Waals surface area (Å²) in [6.07, 6.45) is 0. The molecule has 0 radical (unpaired) electrons. The van der Waals surface area contributed by atoms with Crippen molar-refractivity contribution in [1.82, 2.24) is 5.32 Å². The van der Waals surface area contributed by atoms with Crippen LogP contribution >= 0.6 is 23.2 Å². The average molecular weight is 274 g/mol. The second kappa shape index (κ2) is 5.74. The van der Waals surface area contributed by atoms with Gasteiger partial charge >= 0.3 is 0 Å². The molecule has 0 aliphatic heterocycles. The number of hydrogen-bond donors (Lipinski definition) is 1. The van der Waals surface area contributed by atoms with E-state index in [-0.39, 0.29) is 17.8 Å². The monoisotopic (exact) mass is 273 g/mol. The van der Waals surface area contributed by atoms with Gasteiger partial charge in [-0.2, -0.15) is 0 Å². The molecule has 0 aliphatic carbocycles. The molecule has 94 valence electrons. The Bertz CT molecular complexity index is 404. The Morgan fingerprint density at radius 2 is 2.00 bits per heavy atom. The molecule has 0 fully saturated rings. The Balaban J connectivity index is 2.77. The van der Waals surface area contributed by atoms with Gasteiger partial charge in [-0.1, -0.05) is 29.8 Å². The fourth-order valence-corrected chi connectivity index (χ4v) is 1.78. The van der Waals surface area contributed by atoms with E-state index in [1.54, 1.807) is 0 Å². The molecule has 4 heteroatoms. The number of carbonyl (C=O) groups is 1. The van der Waals surface area contributed by atoms with E-state index in [9.17, 15) is 4.79 Å². The lowest BCUT2D eigenvalue weighted by Crippen LogP contribution is -2.39. The molecule has 0 aromatic heterocycles. The highest BCUT2D eigenvalue weighted by atomic mass is 35.5. The number of benzene rings is 1. The van der Waals surface area contributed by atoms with Gasteiger partial charge in [0, 0.05) is 10.9 Å². The number of rotatable bonds is 4. The highest BCUT2D eigenvalue weighted by molar-refractivity contribution is 6.31. The molecule has 0 unspecified atom stereocenters. The van der Waals surface area contributed by atoms with Crippen LogP contribution in [0.3, 0.4) is 0 Å². The summed E-state index contributed by atoms with van der Waals surface area (Å²) >= 11 is 11.8. The van der Waals surface area contributed by atoms with Crippen LogP contribution in [0.2, 0.25) is 5.02 Å². The Kier molecular flexibility index (Phi) is 4.84. The van der Waals surface area contributed by atoms with Crippen molar-refractivity contribution in [2.75, 3.05) is 5.88 Å². The molecule has 0 spiro atoms. The first-order valence-corrected chi connectivity index (χ1v) is 6.41. The molecule has 1 atom stereocenters. The molecule has 17 heavy (non-hydrogen) atoms. The fraction of sp³-hybridized carbons (Fsp3) is 0.462. The van der Waals surface area contributed by atoms with Crippen molar-refractivity contribution in [1.29, 1.82) is 0 Å². The maximum absolute atomic E-state index is 12.0. The van der Waals surface area contributed by atoms with E-state index in [1.165, 1.54) is 0 Å². The maximum Gasteiger partial charge on any atom is 0.227 e. The summed E-state index contributed by atoms with van der Waals surface area (Å²) in [5, 5.41) is 3.58. The van der Waals surface area contributed by atoms with Gasteiger partial charge < -0.3 is 5.32 Å². The summed E-state index contributed by atoms with van der Waals surface area (Å²) in [5.41, 5.74) is 0.338. The van der Waals surface area contributed by atoms with Crippen LogP contribution in [0, 0.1) is 5.41 Å². The predicted octanol–water partition coefficient (Wildman–Crippen LogP) is 3.78. The lowest BCUT2D eigenvalue weighted by molar-refractivity contribution is -0.129. The molecule has 2 nitrogen and oxygen atoms in total. The first kappa shape index (κ1) is 14.3. The Morgan fingerprint density at radius 1 is 1.41 bits per heavy atom. The van der Waals surface area contributed by atoms with Crippen LogP contribution in [0.15, 0.2) is 24.3 Å². The summed E-state index contributed by atoms with van der Waals surface area (Å²) in [7, 11) is 0. The van der Waals surface area contributed by atoms with E-state index in [0.29, 0.717) is 5.02 Å². The van der Waals surface area contributed by atoms with Crippen molar-refractivity contribution in [3.05, 3.63) is 34.9 Å². The van der Waals surface area contributed by atoms with Crippen LogP contribution in [0.25, 0.3) is 0 Å². The number of halogens is 2. The van der Waals surface area contributed by atoms with Gasteiger partial charge in [-0.3, -0.25) is 4.79 Å². The van der Waals surface area contributed by atoms with Gasteiger partial charge in [0.2, 0.25) is 5.91 Å². The lowest BCUT2D eigenvalue weighted by Gasteiger charge is -2.24. The minimum Gasteiger partial charge on any atom is -0.349 e. The zero-order valence-corrected chi connectivity index (χ0v) is 11.8. The van der Waals surface area contributed by atoms with Gasteiger partial charge in [0.15, 0.2) is 0 Å². The number of alkyl halides is 1. The maximum atomic E-state index is 12.0. The summed E-state index contributed by atoms with van der Waals surface area (Å²) in [5.74, 6) is 0.216. The predicted molar refractivity (Wildman–Crippen MR) is 72.5 cm³/mol. The number of nitrogens with one attached hydrogen (secondary N) is 1. The molecule has 1 amide bonds. The molecule has 0 bridgehead atoms. The third-order valence-corrected chi connectivity index (χ3v) is 3.68. The van der Waals surface area contributed by atoms with E-state index in [1.807, 2.05) is 45.0 Å². The zero-order valence-electron chi connectivity index (χ0n) is 10.3. The smallest absolute Gasteiger partial charge is 0.227 e. The molecule has 0 saturated carbocycles. The summed E-state index contributed by atoms with van der Waals surface area (Å²) < 4.78 is 0. The van der Waals surface area contributed by atoms with Crippen LogP contribution in [0.1, 0.15) is 32.4 Å². The standard InChI is InChI=1S/C13H17Cl2NO/c1-9(10-6-4-5-7-11(10)15)16-12(17)13(2,3)8-14/h4-7,9H,8H2,1-3H3,(H,16,17)/t9-/m0/s1. The van der Waals surface area contributed by atoms with Crippen LogP contribution in [0.5, 0.6) is 0 Å². The first-order chi connectivity index (χ1) is 7.88. The summed E-state index contributed by atoms with van der Waals surface area (Å²) in [6.45, 7) is 5.53. The number of amides is 1. The van der Waals surface area contributed by atoms with Crippen molar-refractivity contribution in [2.45, 2.75) is 26.8 Å². The quantitative estimate of drug-likeness (QED) is 0.832. The minimum atomic E-state index is -0.572. The van der Waals surface area contributed by atoms with Crippen molar-refractivity contribution in [3.63, 3.8) is 0 Å². The fourth-order valence-electron chi connectivity index (χ4n) is 1.36. The molecular formula is C13H17Cl2NO. The van der Waals surface area contributed by atoms with E-state index in [4.69, 9.17) is 23.2 Å². The molecule has 1 aromatic rings. The van der Waals surface area contributed by atoms with Gasteiger partial charge in [-0.25, -0.2) is 0 Å². The largest absolute Gasteiger partial charge is 0.349 e. The Labute approximate surface area is 112 Å². The number of carbonyl (C=O) groups excluding carboxylic acids is 1. The van der Waals surface area contributed by atoms with Gasteiger partial charge in [0.05, 0.1) is 11.5 Å². The SMILES string of the molecule is C[C@H](NC(=O)C(C)(C)CCl)c1ccccc1Cl. The number of hydrogen-bond acceptors (Lipinski definition) is 1. The molecule has 1 aromatic carbocycles. The van der Waals surface area contributed by atoms with Crippen molar-refractivity contribution in [2.24, 2.45) is 5.41 Å². The summed E-state index contributed by atoms with van der Waals surface area (Å²) in [4.78, 5) is 12.0. The third-order valence-electron chi connectivity index (χ3n) is 2.67. The van der Waals surface area contributed by atoms with Crippen LogP contribution in [0.4, 0.5) is 0 Å². The zero-order chi connectivity index (χ0) is 13.1. The Morgan fingerprint density at radius 3 is 2.53 bits per heavy atom. The van der Waals surface area contributed by atoms with E-state index < -0.39 is 5.41 Å². The highest BCUT2D eigenvalue weighted by Crippen LogP contribution is 2.24. The van der Waals surface area contributed by atoms with E-state index in [0.717, 1.165) is 5.56 Å².